The molecule has 1 aromatic carbocycles. The summed E-state index contributed by atoms with van der Waals surface area (Å²) >= 11 is 1.78. The number of aromatic nitrogens is 2. The molecule has 1 aliphatic rings. The van der Waals surface area contributed by atoms with Gasteiger partial charge >= 0.3 is 0 Å². The Kier molecular flexibility index (Phi) is 5.52. The van der Waals surface area contributed by atoms with Crippen molar-refractivity contribution in [2.24, 2.45) is 0 Å². The fourth-order valence-electron chi connectivity index (χ4n) is 3.70. The molecule has 1 atom stereocenters. The van der Waals surface area contributed by atoms with E-state index in [-0.39, 0.29) is 18.6 Å². The Morgan fingerprint density at radius 3 is 3.11 bits per heavy atom. The largest absolute Gasteiger partial charge is 0.395 e. The number of benzene rings is 1. The molecule has 7 heteroatoms. The number of fused-ring (bicyclic) bond motifs is 1. The van der Waals surface area contributed by atoms with Crippen molar-refractivity contribution in [3.8, 4) is 0 Å². The van der Waals surface area contributed by atoms with Crippen molar-refractivity contribution in [2.75, 3.05) is 19.7 Å². The van der Waals surface area contributed by atoms with Crippen LogP contribution in [-0.4, -0.2) is 51.2 Å². The summed E-state index contributed by atoms with van der Waals surface area (Å²) in [6, 6.07) is 9.98. The van der Waals surface area contributed by atoms with Crippen molar-refractivity contribution in [2.45, 2.75) is 32.0 Å². The lowest BCUT2D eigenvalue weighted by Crippen LogP contribution is -2.47. The van der Waals surface area contributed by atoms with Crippen molar-refractivity contribution in [1.29, 1.82) is 0 Å². The summed E-state index contributed by atoms with van der Waals surface area (Å²) in [5, 5.41) is 14.4. The van der Waals surface area contributed by atoms with Gasteiger partial charge in [-0.15, -0.1) is 11.3 Å². The van der Waals surface area contributed by atoms with E-state index in [9.17, 15) is 4.79 Å². The van der Waals surface area contributed by atoms with Crippen molar-refractivity contribution in [3.63, 3.8) is 0 Å². The van der Waals surface area contributed by atoms with Gasteiger partial charge in [-0.2, -0.15) is 0 Å². The predicted octanol–water partition coefficient (Wildman–Crippen LogP) is 2.48. The average Bonchev–Trinajstić information content (AvgIpc) is 3.32. The molecule has 0 spiro atoms. The molecule has 142 valence electrons. The third kappa shape index (κ3) is 4.21. The molecule has 3 heterocycles. The number of nitrogens with one attached hydrogen (secondary N) is 1. The van der Waals surface area contributed by atoms with Gasteiger partial charge in [-0.25, -0.2) is 4.98 Å². The third-order valence-electron chi connectivity index (χ3n) is 5.02. The quantitative estimate of drug-likeness (QED) is 0.685. The molecule has 0 bridgehead atoms. The fourth-order valence-corrected chi connectivity index (χ4v) is 4.45. The van der Waals surface area contributed by atoms with Gasteiger partial charge in [0.2, 0.25) is 0 Å². The van der Waals surface area contributed by atoms with E-state index in [1.54, 1.807) is 17.7 Å². The number of carbonyl (C=O) groups excluding carboxylic acids is 1. The highest BCUT2D eigenvalue weighted by Crippen LogP contribution is 2.18. The summed E-state index contributed by atoms with van der Waals surface area (Å²) in [4.78, 5) is 20.8. The van der Waals surface area contributed by atoms with Gasteiger partial charge in [0, 0.05) is 36.1 Å². The Bertz CT molecular complexity index is 906. The second-order valence-corrected chi connectivity index (χ2v) is 8.02. The molecule has 6 nitrogen and oxygen atoms in total. The maximum absolute atomic E-state index is 12.7. The zero-order valence-electron chi connectivity index (χ0n) is 15.2. The number of amides is 1. The van der Waals surface area contributed by atoms with E-state index >= 15 is 0 Å². The minimum atomic E-state index is -0.0448. The molecule has 1 saturated heterocycles. The standard InChI is InChI=1S/C20H24N4O2S/c25-9-8-24-14-21-18-11-15(5-6-19(18)24)20(26)22-16-3-1-7-23(12-16)13-17-4-2-10-27-17/h2,4-6,10-11,14,16,25H,1,3,7-9,12-13H2,(H,22,26)/t16-/m1/s1. The van der Waals surface area contributed by atoms with Crippen LogP contribution in [0.5, 0.6) is 0 Å². The van der Waals surface area contributed by atoms with Gasteiger partial charge in [0.25, 0.3) is 5.91 Å². The molecule has 0 unspecified atom stereocenters. The van der Waals surface area contributed by atoms with Crippen molar-refractivity contribution >= 4 is 28.3 Å². The first-order valence-corrected chi connectivity index (χ1v) is 10.2. The molecule has 1 amide bonds. The summed E-state index contributed by atoms with van der Waals surface area (Å²) in [6.45, 7) is 3.50. The third-order valence-corrected chi connectivity index (χ3v) is 5.89. The van der Waals surface area contributed by atoms with Gasteiger partial charge in [0.1, 0.15) is 0 Å². The molecule has 3 aromatic rings. The van der Waals surface area contributed by atoms with Gasteiger partial charge in [0.05, 0.1) is 24.0 Å². The number of nitrogens with zero attached hydrogens (tertiary/aromatic N) is 3. The highest BCUT2D eigenvalue weighted by atomic mass is 32.1. The minimum Gasteiger partial charge on any atom is -0.395 e. The monoisotopic (exact) mass is 384 g/mol. The van der Waals surface area contributed by atoms with Crippen LogP contribution in [0.2, 0.25) is 0 Å². The van der Waals surface area contributed by atoms with Crippen molar-refractivity contribution in [3.05, 3.63) is 52.5 Å². The summed E-state index contributed by atoms with van der Waals surface area (Å²) < 4.78 is 1.89. The van der Waals surface area contributed by atoms with E-state index in [4.69, 9.17) is 5.11 Å². The van der Waals surface area contributed by atoms with Crippen LogP contribution in [0.15, 0.2) is 42.0 Å². The van der Waals surface area contributed by atoms with Crippen molar-refractivity contribution < 1.29 is 9.90 Å². The van der Waals surface area contributed by atoms with Gasteiger partial charge in [-0.1, -0.05) is 6.07 Å². The number of piperidine rings is 1. The first-order valence-electron chi connectivity index (χ1n) is 9.34. The average molecular weight is 385 g/mol. The van der Waals surface area contributed by atoms with Crippen LogP contribution in [0.25, 0.3) is 11.0 Å². The molecule has 27 heavy (non-hydrogen) atoms. The normalized spacial score (nSPS) is 18.0. The van der Waals surface area contributed by atoms with E-state index in [0.29, 0.717) is 12.1 Å². The summed E-state index contributed by atoms with van der Waals surface area (Å²) in [5.74, 6) is -0.0448. The lowest BCUT2D eigenvalue weighted by molar-refractivity contribution is 0.0901. The van der Waals surface area contributed by atoms with Gasteiger partial charge in [-0.05, 0) is 49.0 Å². The highest BCUT2D eigenvalue weighted by molar-refractivity contribution is 7.09. The molecule has 2 N–H and O–H groups in total. The van der Waals surface area contributed by atoms with Crippen LogP contribution in [0.4, 0.5) is 0 Å². The van der Waals surface area contributed by atoms with Gasteiger partial charge in [-0.3, -0.25) is 9.69 Å². The van der Waals surface area contributed by atoms with Crippen LogP contribution in [0, 0.1) is 0 Å². The molecule has 0 radical (unpaired) electrons. The number of likely N-dealkylation sites (tertiary alicyclic amines) is 1. The van der Waals surface area contributed by atoms with E-state index < -0.39 is 0 Å². The number of thiophene rings is 1. The Hall–Kier alpha value is -2.22. The topological polar surface area (TPSA) is 70.4 Å². The zero-order chi connectivity index (χ0) is 18.6. The summed E-state index contributed by atoms with van der Waals surface area (Å²) in [6.07, 6.45) is 3.81. The Morgan fingerprint density at radius 2 is 2.30 bits per heavy atom. The van der Waals surface area contributed by atoms with Crippen LogP contribution in [0.3, 0.4) is 0 Å². The molecule has 4 rings (SSSR count). The van der Waals surface area contributed by atoms with Crippen molar-refractivity contribution in [1.82, 2.24) is 19.8 Å². The molecular weight excluding hydrogens is 360 g/mol. The highest BCUT2D eigenvalue weighted by Gasteiger charge is 2.22. The van der Waals surface area contributed by atoms with E-state index in [2.05, 4.69) is 32.7 Å². The smallest absolute Gasteiger partial charge is 0.251 e. The number of aliphatic hydroxyl groups is 1. The van der Waals surface area contributed by atoms with Gasteiger partial charge < -0.3 is 15.0 Å². The minimum absolute atomic E-state index is 0.0448. The Labute approximate surface area is 162 Å². The lowest BCUT2D eigenvalue weighted by atomic mass is 10.0. The molecular formula is C20H24N4O2S. The molecule has 2 aromatic heterocycles. The maximum atomic E-state index is 12.7. The first-order chi connectivity index (χ1) is 13.2. The second-order valence-electron chi connectivity index (χ2n) is 6.99. The molecule has 1 aliphatic heterocycles. The number of hydrogen-bond acceptors (Lipinski definition) is 5. The number of aliphatic hydroxyl groups excluding tert-OH is 1. The van der Waals surface area contributed by atoms with Crippen LogP contribution in [-0.2, 0) is 13.1 Å². The Balaban J connectivity index is 1.40. The summed E-state index contributed by atoms with van der Waals surface area (Å²) in [5.41, 5.74) is 2.34. The van der Waals surface area contributed by atoms with E-state index in [1.807, 2.05) is 22.8 Å². The second kappa shape index (κ2) is 8.21. The zero-order valence-corrected chi connectivity index (χ0v) is 16.0. The molecule has 0 aliphatic carbocycles. The SMILES string of the molecule is O=C(N[C@@H]1CCCN(Cc2cccs2)C1)c1ccc2c(c1)ncn2CCO. The molecule has 0 saturated carbocycles. The lowest BCUT2D eigenvalue weighted by Gasteiger charge is -2.32. The predicted molar refractivity (Wildman–Crippen MR) is 107 cm³/mol. The van der Waals surface area contributed by atoms with Crippen LogP contribution < -0.4 is 5.32 Å². The first kappa shape index (κ1) is 18.2. The van der Waals surface area contributed by atoms with E-state index in [0.717, 1.165) is 43.5 Å². The number of imidazole rings is 1. The number of hydrogen-bond donors (Lipinski definition) is 2. The maximum Gasteiger partial charge on any atom is 0.251 e. The Morgan fingerprint density at radius 1 is 1.37 bits per heavy atom. The fraction of sp³-hybridized carbons (Fsp3) is 0.400. The van der Waals surface area contributed by atoms with Gasteiger partial charge in [0.15, 0.2) is 0 Å². The number of carbonyl (C=O) groups is 1. The molecule has 1 fully saturated rings. The number of rotatable bonds is 6. The summed E-state index contributed by atoms with van der Waals surface area (Å²) in [7, 11) is 0. The van der Waals surface area contributed by atoms with E-state index in [1.165, 1.54) is 4.88 Å². The van der Waals surface area contributed by atoms with Crippen LogP contribution >= 0.6 is 11.3 Å². The van der Waals surface area contributed by atoms with Crippen LogP contribution in [0.1, 0.15) is 28.1 Å².